The van der Waals surface area contributed by atoms with Crippen LogP contribution in [-0.2, 0) is 11.2 Å². The molecule has 3 rings (SSSR count). The maximum atomic E-state index is 13.9. The fourth-order valence-electron chi connectivity index (χ4n) is 3.35. The lowest BCUT2D eigenvalue weighted by atomic mass is 10.1. The van der Waals surface area contributed by atoms with E-state index in [-0.39, 0.29) is 22.9 Å². The maximum Gasteiger partial charge on any atom is 0.227 e. The Morgan fingerprint density at radius 3 is 2.39 bits per heavy atom. The molecule has 1 amide bonds. The van der Waals surface area contributed by atoms with Crippen LogP contribution in [0.25, 0.3) is 0 Å². The van der Waals surface area contributed by atoms with Crippen molar-refractivity contribution in [1.82, 2.24) is 15.1 Å². The summed E-state index contributed by atoms with van der Waals surface area (Å²) in [5.41, 5.74) is 0.259. The number of carbonyl (C=O) groups is 1. The average Bonchev–Trinajstić information content (AvgIpc) is 2.72. The Kier molecular flexibility index (Phi) is 6.67. The van der Waals surface area contributed by atoms with Crippen LogP contribution in [0.4, 0.5) is 16.0 Å². The number of halogens is 2. The van der Waals surface area contributed by atoms with E-state index in [2.05, 4.69) is 33.8 Å². The fraction of sp³-hybridized carbons (Fsp3) is 0.450. The molecule has 0 aliphatic carbocycles. The fourth-order valence-corrected chi connectivity index (χ4v) is 3.58. The Morgan fingerprint density at radius 1 is 1.11 bits per heavy atom. The third-order valence-electron chi connectivity index (χ3n) is 5.07. The molecule has 150 valence electrons. The molecular formula is C20H25ClFN5O. The molecule has 1 aliphatic rings. The zero-order chi connectivity index (χ0) is 20.1. The van der Waals surface area contributed by atoms with Gasteiger partial charge in [-0.15, -0.1) is 10.2 Å². The third-order valence-corrected chi connectivity index (χ3v) is 5.42. The molecule has 6 nitrogen and oxygen atoms in total. The van der Waals surface area contributed by atoms with E-state index in [0.717, 1.165) is 24.7 Å². The van der Waals surface area contributed by atoms with Crippen LogP contribution in [0.3, 0.4) is 0 Å². The minimum absolute atomic E-state index is 0.0239. The summed E-state index contributed by atoms with van der Waals surface area (Å²) in [5, 5.41) is 8.95. The van der Waals surface area contributed by atoms with Crippen molar-refractivity contribution in [1.29, 1.82) is 0 Å². The van der Waals surface area contributed by atoms with Crippen LogP contribution in [0.1, 0.15) is 19.4 Å². The van der Waals surface area contributed by atoms with Gasteiger partial charge in [0, 0.05) is 49.9 Å². The number of benzene rings is 1. The molecule has 0 N–H and O–H groups in total. The van der Waals surface area contributed by atoms with Crippen molar-refractivity contribution in [2.24, 2.45) is 0 Å². The number of hydrogen-bond acceptors (Lipinski definition) is 5. The molecule has 0 bridgehead atoms. The summed E-state index contributed by atoms with van der Waals surface area (Å²) in [7, 11) is 0. The number of piperazine rings is 1. The van der Waals surface area contributed by atoms with Crippen molar-refractivity contribution in [3.05, 3.63) is 46.7 Å². The van der Waals surface area contributed by atoms with Gasteiger partial charge in [-0.1, -0.05) is 17.7 Å². The first kappa shape index (κ1) is 20.3. The van der Waals surface area contributed by atoms with Crippen LogP contribution >= 0.6 is 11.6 Å². The van der Waals surface area contributed by atoms with Gasteiger partial charge in [0.15, 0.2) is 11.6 Å². The molecule has 1 saturated heterocycles. The molecule has 2 heterocycles. The second-order valence-electron chi connectivity index (χ2n) is 6.67. The Labute approximate surface area is 169 Å². The Bertz CT molecular complexity index is 784. The van der Waals surface area contributed by atoms with Crippen molar-refractivity contribution < 1.29 is 9.18 Å². The number of hydrogen-bond donors (Lipinski definition) is 0. The first-order valence-electron chi connectivity index (χ1n) is 9.57. The van der Waals surface area contributed by atoms with Gasteiger partial charge in [-0.25, -0.2) is 4.39 Å². The van der Waals surface area contributed by atoms with Crippen molar-refractivity contribution in [3.63, 3.8) is 0 Å². The van der Waals surface area contributed by atoms with Gasteiger partial charge >= 0.3 is 0 Å². The normalized spacial score (nSPS) is 14.3. The molecule has 0 saturated carbocycles. The van der Waals surface area contributed by atoms with E-state index in [9.17, 15) is 9.18 Å². The second-order valence-corrected chi connectivity index (χ2v) is 7.07. The summed E-state index contributed by atoms with van der Waals surface area (Å²) in [4.78, 5) is 18.5. The van der Waals surface area contributed by atoms with Gasteiger partial charge in [0.25, 0.3) is 0 Å². The van der Waals surface area contributed by atoms with Crippen LogP contribution < -0.4 is 9.80 Å². The summed E-state index contributed by atoms with van der Waals surface area (Å²) in [6, 6.07) is 8.42. The first-order valence-corrected chi connectivity index (χ1v) is 9.95. The standard InChI is InChI=1S/C20H25ClFN5O/c1-3-25(4-2)18-8-9-19(24-23-18)26-10-12-27(13-11-26)20(28)14-15-16(21)6-5-7-17(15)22/h5-9H,3-4,10-14H2,1-2H3. The van der Waals surface area contributed by atoms with Gasteiger partial charge in [-0.2, -0.15) is 0 Å². The molecule has 8 heteroatoms. The van der Waals surface area contributed by atoms with Crippen LogP contribution in [0, 0.1) is 5.82 Å². The molecule has 28 heavy (non-hydrogen) atoms. The molecule has 0 radical (unpaired) electrons. The van der Waals surface area contributed by atoms with E-state index in [1.807, 2.05) is 12.1 Å². The van der Waals surface area contributed by atoms with Crippen molar-refractivity contribution >= 4 is 29.1 Å². The lowest BCUT2D eigenvalue weighted by molar-refractivity contribution is -0.130. The molecule has 0 unspecified atom stereocenters. The molecule has 2 aromatic rings. The maximum absolute atomic E-state index is 13.9. The van der Waals surface area contributed by atoms with Crippen LogP contribution in [0.15, 0.2) is 30.3 Å². The van der Waals surface area contributed by atoms with Gasteiger partial charge in [0.2, 0.25) is 5.91 Å². The van der Waals surface area contributed by atoms with Crippen molar-refractivity contribution in [3.8, 4) is 0 Å². The number of anilines is 2. The molecule has 1 aliphatic heterocycles. The summed E-state index contributed by atoms with van der Waals surface area (Å²) >= 11 is 6.03. The van der Waals surface area contributed by atoms with Crippen LogP contribution in [0.5, 0.6) is 0 Å². The van der Waals surface area contributed by atoms with E-state index in [1.54, 1.807) is 11.0 Å². The summed E-state index contributed by atoms with van der Waals surface area (Å²) in [6.45, 7) is 8.39. The molecule has 1 aromatic carbocycles. The van der Waals surface area contributed by atoms with Crippen molar-refractivity contribution in [2.45, 2.75) is 20.3 Å². The summed E-state index contributed by atoms with van der Waals surface area (Å²) < 4.78 is 13.9. The molecular weight excluding hydrogens is 381 g/mol. The predicted molar refractivity (Wildman–Crippen MR) is 110 cm³/mol. The minimum Gasteiger partial charge on any atom is -0.356 e. The van der Waals surface area contributed by atoms with E-state index in [0.29, 0.717) is 26.2 Å². The quantitative estimate of drug-likeness (QED) is 0.739. The monoisotopic (exact) mass is 405 g/mol. The first-order chi connectivity index (χ1) is 13.5. The minimum atomic E-state index is -0.442. The summed E-state index contributed by atoms with van der Waals surface area (Å²) in [6.07, 6.45) is -0.0239. The van der Waals surface area contributed by atoms with Gasteiger partial charge in [0.1, 0.15) is 5.82 Å². The molecule has 0 atom stereocenters. The zero-order valence-electron chi connectivity index (χ0n) is 16.2. The summed E-state index contributed by atoms with van der Waals surface area (Å²) in [5.74, 6) is 1.11. The smallest absolute Gasteiger partial charge is 0.227 e. The molecule has 1 fully saturated rings. The average molecular weight is 406 g/mol. The second kappa shape index (κ2) is 9.19. The highest BCUT2D eigenvalue weighted by Crippen LogP contribution is 2.21. The van der Waals surface area contributed by atoms with Gasteiger partial charge < -0.3 is 14.7 Å². The number of amides is 1. The van der Waals surface area contributed by atoms with Crippen molar-refractivity contribution in [2.75, 3.05) is 49.1 Å². The van der Waals surface area contributed by atoms with Crippen LogP contribution in [0.2, 0.25) is 5.02 Å². The predicted octanol–water partition coefficient (Wildman–Crippen LogP) is 3.01. The molecule has 0 spiro atoms. The van der Waals surface area contributed by atoms with E-state index >= 15 is 0 Å². The number of rotatable bonds is 6. The highest BCUT2D eigenvalue weighted by Gasteiger charge is 2.23. The lowest BCUT2D eigenvalue weighted by Gasteiger charge is -2.35. The van der Waals surface area contributed by atoms with Gasteiger partial charge in [0.05, 0.1) is 6.42 Å². The number of carbonyl (C=O) groups excluding carboxylic acids is 1. The highest BCUT2D eigenvalue weighted by atomic mass is 35.5. The Hall–Kier alpha value is -2.41. The van der Waals surface area contributed by atoms with Crippen LogP contribution in [-0.4, -0.2) is 60.3 Å². The Balaban J connectivity index is 1.57. The van der Waals surface area contributed by atoms with E-state index in [1.165, 1.54) is 12.1 Å². The van der Waals surface area contributed by atoms with Gasteiger partial charge in [-0.05, 0) is 38.1 Å². The molecule has 1 aromatic heterocycles. The SMILES string of the molecule is CCN(CC)c1ccc(N2CCN(C(=O)Cc3c(F)cccc3Cl)CC2)nn1. The Morgan fingerprint density at radius 2 is 1.82 bits per heavy atom. The van der Waals surface area contributed by atoms with E-state index < -0.39 is 5.82 Å². The topological polar surface area (TPSA) is 52.6 Å². The number of nitrogens with zero attached hydrogens (tertiary/aromatic N) is 5. The largest absolute Gasteiger partial charge is 0.356 e. The van der Waals surface area contributed by atoms with E-state index in [4.69, 9.17) is 11.6 Å². The lowest BCUT2D eigenvalue weighted by Crippen LogP contribution is -2.49. The number of aromatic nitrogens is 2. The highest BCUT2D eigenvalue weighted by molar-refractivity contribution is 6.31. The third kappa shape index (κ3) is 4.52. The zero-order valence-corrected chi connectivity index (χ0v) is 17.0. The van der Waals surface area contributed by atoms with Gasteiger partial charge in [-0.3, -0.25) is 4.79 Å².